The van der Waals surface area contributed by atoms with Crippen molar-refractivity contribution in [3.05, 3.63) is 23.8 Å². The molecular formula is C10H17N3. The molecule has 0 saturated carbocycles. The summed E-state index contributed by atoms with van der Waals surface area (Å²) < 4.78 is 2.09. The summed E-state index contributed by atoms with van der Waals surface area (Å²) in [6.45, 7) is 7.06. The Kier molecular flexibility index (Phi) is 3.25. The van der Waals surface area contributed by atoms with E-state index >= 15 is 0 Å². The van der Waals surface area contributed by atoms with Crippen LogP contribution in [-0.2, 0) is 6.54 Å². The van der Waals surface area contributed by atoms with Crippen molar-refractivity contribution in [3.63, 3.8) is 0 Å². The first kappa shape index (κ1) is 9.99. The summed E-state index contributed by atoms with van der Waals surface area (Å²) in [7, 11) is 0. The van der Waals surface area contributed by atoms with E-state index in [1.807, 2.05) is 26.4 Å². The molecule has 1 unspecified atom stereocenters. The Hall–Kier alpha value is -1.09. The number of imidazole rings is 1. The van der Waals surface area contributed by atoms with Gasteiger partial charge in [-0.3, -0.25) is 0 Å². The smallest absolute Gasteiger partial charge is 0.0950 e. The van der Waals surface area contributed by atoms with Crippen LogP contribution in [0.4, 0.5) is 0 Å². The van der Waals surface area contributed by atoms with E-state index in [4.69, 9.17) is 5.73 Å². The molecule has 0 aliphatic heterocycles. The van der Waals surface area contributed by atoms with Gasteiger partial charge in [0.15, 0.2) is 0 Å². The summed E-state index contributed by atoms with van der Waals surface area (Å²) in [6, 6.07) is 0.111. The molecule has 0 bridgehead atoms. The van der Waals surface area contributed by atoms with E-state index in [0.29, 0.717) is 0 Å². The third-order valence-corrected chi connectivity index (χ3v) is 2.18. The van der Waals surface area contributed by atoms with Crippen molar-refractivity contribution in [3.8, 4) is 0 Å². The quantitative estimate of drug-likeness (QED) is 0.766. The molecule has 1 aromatic rings. The van der Waals surface area contributed by atoms with Crippen LogP contribution in [0.5, 0.6) is 0 Å². The highest BCUT2D eigenvalue weighted by Gasteiger charge is 2.00. The zero-order chi connectivity index (χ0) is 9.84. The average molecular weight is 179 g/mol. The number of hydrogen-bond acceptors (Lipinski definition) is 2. The van der Waals surface area contributed by atoms with Crippen molar-refractivity contribution in [1.29, 1.82) is 0 Å². The molecule has 0 aliphatic rings. The molecule has 0 radical (unpaired) electrons. The predicted octanol–water partition coefficient (Wildman–Crippen LogP) is 1.65. The Morgan fingerprint density at radius 3 is 3.00 bits per heavy atom. The summed E-state index contributed by atoms with van der Waals surface area (Å²) in [5, 5.41) is 0. The molecule has 1 atom stereocenters. The maximum Gasteiger partial charge on any atom is 0.0950 e. The zero-order valence-corrected chi connectivity index (χ0v) is 8.49. The van der Waals surface area contributed by atoms with E-state index < -0.39 is 0 Å². The van der Waals surface area contributed by atoms with Gasteiger partial charge in [-0.25, -0.2) is 4.98 Å². The first-order chi connectivity index (χ1) is 6.15. The van der Waals surface area contributed by atoms with Gasteiger partial charge in [-0.1, -0.05) is 5.57 Å². The standard InChI is InChI=1S/C10H17N3/c1-4-13-7-12-6-10(13)5-8(2)9(3)11/h5-7,9H,4,11H2,1-3H3/b8-5-. The highest BCUT2D eigenvalue weighted by molar-refractivity contribution is 5.49. The van der Waals surface area contributed by atoms with Gasteiger partial charge in [0.05, 0.1) is 18.2 Å². The van der Waals surface area contributed by atoms with Crippen LogP contribution in [0.1, 0.15) is 26.5 Å². The van der Waals surface area contributed by atoms with Crippen molar-refractivity contribution in [2.45, 2.75) is 33.4 Å². The molecule has 72 valence electrons. The lowest BCUT2D eigenvalue weighted by atomic mass is 10.1. The molecule has 0 spiro atoms. The fraction of sp³-hybridized carbons (Fsp3) is 0.500. The number of aryl methyl sites for hydroxylation is 1. The molecule has 0 aromatic carbocycles. The van der Waals surface area contributed by atoms with Gasteiger partial charge in [-0.05, 0) is 26.8 Å². The SMILES string of the molecule is CCn1cncc1/C=C(/C)C(C)N. The van der Waals surface area contributed by atoms with Gasteiger partial charge in [0.2, 0.25) is 0 Å². The van der Waals surface area contributed by atoms with Gasteiger partial charge in [0.1, 0.15) is 0 Å². The Morgan fingerprint density at radius 2 is 2.46 bits per heavy atom. The van der Waals surface area contributed by atoms with Crippen LogP contribution in [-0.4, -0.2) is 15.6 Å². The lowest BCUT2D eigenvalue weighted by molar-refractivity contribution is 0.752. The van der Waals surface area contributed by atoms with Crippen LogP contribution < -0.4 is 5.73 Å². The lowest BCUT2D eigenvalue weighted by Crippen LogP contribution is -2.15. The van der Waals surface area contributed by atoms with Crippen LogP contribution in [0.3, 0.4) is 0 Å². The molecule has 0 aliphatic carbocycles. The summed E-state index contributed by atoms with van der Waals surface area (Å²) in [5.74, 6) is 0. The van der Waals surface area contributed by atoms with E-state index in [1.54, 1.807) is 0 Å². The Balaban J connectivity index is 2.89. The highest BCUT2D eigenvalue weighted by Crippen LogP contribution is 2.08. The second-order valence-electron chi connectivity index (χ2n) is 3.28. The molecule has 0 fully saturated rings. The van der Waals surface area contributed by atoms with Gasteiger partial charge < -0.3 is 10.3 Å². The number of hydrogen-bond donors (Lipinski definition) is 1. The van der Waals surface area contributed by atoms with Crippen LogP contribution in [0.2, 0.25) is 0 Å². The van der Waals surface area contributed by atoms with Crippen molar-refractivity contribution in [1.82, 2.24) is 9.55 Å². The second kappa shape index (κ2) is 4.23. The third kappa shape index (κ3) is 2.42. The molecule has 0 saturated heterocycles. The van der Waals surface area contributed by atoms with E-state index in [0.717, 1.165) is 12.2 Å². The van der Waals surface area contributed by atoms with Crippen molar-refractivity contribution in [2.75, 3.05) is 0 Å². The van der Waals surface area contributed by atoms with Crippen LogP contribution >= 0.6 is 0 Å². The molecule has 1 heterocycles. The van der Waals surface area contributed by atoms with Gasteiger partial charge in [-0.15, -0.1) is 0 Å². The van der Waals surface area contributed by atoms with Crippen molar-refractivity contribution >= 4 is 6.08 Å². The third-order valence-electron chi connectivity index (χ3n) is 2.18. The van der Waals surface area contributed by atoms with Crippen LogP contribution in [0.15, 0.2) is 18.1 Å². The molecule has 3 nitrogen and oxygen atoms in total. The molecular weight excluding hydrogens is 162 g/mol. The van der Waals surface area contributed by atoms with E-state index in [9.17, 15) is 0 Å². The molecule has 1 rings (SSSR count). The molecule has 13 heavy (non-hydrogen) atoms. The Morgan fingerprint density at radius 1 is 1.77 bits per heavy atom. The second-order valence-corrected chi connectivity index (χ2v) is 3.28. The highest BCUT2D eigenvalue weighted by atomic mass is 15.0. The lowest BCUT2D eigenvalue weighted by Gasteiger charge is -2.06. The summed E-state index contributed by atoms with van der Waals surface area (Å²) in [5.41, 5.74) is 8.04. The summed E-state index contributed by atoms with van der Waals surface area (Å²) in [4.78, 5) is 4.08. The number of nitrogens with two attached hydrogens (primary N) is 1. The first-order valence-corrected chi connectivity index (χ1v) is 4.59. The van der Waals surface area contributed by atoms with Crippen LogP contribution in [0.25, 0.3) is 6.08 Å². The van der Waals surface area contributed by atoms with Crippen molar-refractivity contribution < 1.29 is 0 Å². The van der Waals surface area contributed by atoms with E-state index in [1.165, 1.54) is 5.57 Å². The molecule has 2 N–H and O–H groups in total. The molecule has 3 heteroatoms. The largest absolute Gasteiger partial charge is 0.331 e. The summed E-state index contributed by atoms with van der Waals surface area (Å²) >= 11 is 0. The minimum absolute atomic E-state index is 0.111. The maximum absolute atomic E-state index is 5.75. The van der Waals surface area contributed by atoms with Gasteiger partial charge >= 0.3 is 0 Å². The number of rotatable bonds is 3. The monoisotopic (exact) mass is 179 g/mol. The van der Waals surface area contributed by atoms with Gasteiger partial charge in [0, 0.05) is 12.6 Å². The fourth-order valence-corrected chi connectivity index (χ4v) is 1.08. The number of aromatic nitrogens is 2. The number of nitrogens with zero attached hydrogens (tertiary/aromatic N) is 2. The van der Waals surface area contributed by atoms with Gasteiger partial charge in [0.25, 0.3) is 0 Å². The average Bonchev–Trinajstić information content (AvgIpc) is 2.51. The molecule has 0 amide bonds. The first-order valence-electron chi connectivity index (χ1n) is 4.59. The normalized spacial score (nSPS) is 14.6. The minimum atomic E-state index is 0.111. The Labute approximate surface area is 79.3 Å². The fourth-order valence-electron chi connectivity index (χ4n) is 1.08. The van der Waals surface area contributed by atoms with Crippen LogP contribution in [0, 0.1) is 0 Å². The minimum Gasteiger partial charge on any atom is -0.331 e. The molecule has 1 aromatic heterocycles. The topological polar surface area (TPSA) is 43.8 Å². The van der Waals surface area contributed by atoms with E-state index in [-0.39, 0.29) is 6.04 Å². The van der Waals surface area contributed by atoms with E-state index in [2.05, 4.69) is 22.6 Å². The maximum atomic E-state index is 5.75. The van der Waals surface area contributed by atoms with Crippen molar-refractivity contribution in [2.24, 2.45) is 5.73 Å². The van der Waals surface area contributed by atoms with Gasteiger partial charge in [-0.2, -0.15) is 0 Å². The zero-order valence-electron chi connectivity index (χ0n) is 8.49. The predicted molar refractivity (Wildman–Crippen MR) is 55.2 cm³/mol. The summed E-state index contributed by atoms with van der Waals surface area (Å²) in [6.07, 6.45) is 5.77. The Bertz CT molecular complexity index is 297.